The van der Waals surface area contributed by atoms with Gasteiger partial charge in [-0.1, -0.05) is 29.8 Å². The summed E-state index contributed by atoms with van der Waals surface area (Å²) in [7, 11) is 0. The molecule has 0 saturated heterocycles. The number of hydrogen-bond donors (Lipinski definition) is 1. The van der Waals surface area contributed by atoms with Crippen molar-refractivity contribution in [2.75, 3.05) is 0 Å². The highest BCUT2D eigenvalue weighted by Gasteiger charge is 2.19. The summed E-state index contributed by atoms with van der Waals surface area (Å²) in [6, 6.07) is 6.59. The highest BCUT2D eigenvalue weighted by molar-refractivity contribution is 6.31. The van der Waals surface area contributed by atoms with Crippen LogP contribution >= 0.6 is 11.6 Å². The standard InChI is InChI=1S/C13H8ClF3O/c14-12-9(2-1-3-10(12)16)13(18)8-5-4-7(15)6-11(8)17/h1-6,13,18H. The highest BCUT2D eigenvalue weighted by Crippen LogP contribution is 2.31. The lowest BCUT2D eigenvalue weighted by Crippen LogP contribution is -2.04. The van der Waals surface area contributed by atoms with E-state index in [-0.39, 0.29) is 16.1 Å². The zero-order chi connectivity index (χ0) is 13.3. The van der Waals surface area contributed by atoms with E-state index in [0.29, 0.717) is 6.07 Å². The Balaban J connectivity index is 2.48. The molecule has 2 aromatic rings. The zero-order valence-corrected chi connectivity index (χ0v) is 9.76. The average molecular weight is 273 g/mol. The third-order valence-corrected chi connectivity index (χ3v) is 2.93. The van der Waals surface area contributed by atoms with E-state index in [1.54, 1.807) is 0 Å². The van der Waals surface area contributed by atoms with Gasteiger partial charge in [-0.05, 0) is 12.1 Å². The second kappa shape index (κ2) is 5.00. The van der Waals surface area contributed by atoms with Crippen molar-refractivity contribution in [1.29, 1.82) is 0 Å². The molecule has 1 unspecified atom stereocenters. The number of aliphatic hydroxyl groups is 1. The largest absolute Gasteiger partial charge is 0.383 e. The van der Waals surface area contributed by atoms with E-state index in [1.807, 2.05) is 0 Å². The molecule has 1 atom stereocenters. The Morgan fingerprint density at radius 3 is 2.33 bits per heavy atom. The van der Waals surface area contributed by atoms with Crippen LogP contribution in [0.2, 0.25) is 5.02 Å². The SMILES string of the molecule is OC(c1ccc(F)cc1F)c1cccc(F)c1Cl. The van der Waals surface area contributed by atoms with Gasteiger partial charge >= 0.3 is 0 Å². The summed E-state index contributed by atoms with van der Waals surface area (Å²) in [5.41, 5.74) is -0.133. The molecule has 0 aliphatic heterocycles. The second-order valence-electron chi connectivity index (χ2n) is 3.71. The van der Waals surface area contributed by atoms with Crippen molar-refractivity contribution >= 4 is 11.6 Å². The summed E-state index contributed by atoms with van der Waals surface area (Å²) < 4.78 is 39.5. The summed E-state index contributed by atoms with van der Waals surface area (Å²) in [6.07, 6.45) is -1.45. The van der Waals surface area contributed by atoms with Gasteiger partial charge < -0.3 is 5.11 Å². The number of rotatable bonds is 2. The summed E-state index contributed by atoms with van der Waals surface area (Å²) in [5.74, 6) is -2.38. The van der Waals surface area contributed by atoms with E-state index < -0.39 is 23.6 Å². The molecular formula is C13H8ClF3O. The van der Waals surface area contributed by atoms with Crippen molar-refractivity contribution in [1.82, 2.24) is 0 Å². The summed E-state index contributed by atoms with van der Waals surface area (Å²) >= 11 is 5.69. The van der Waals surface area contributed by atoms with Crippen molar-refractivity contribution in [2.24, 2.45) is 0 Å². The Bertz CT molecular complexity index is 586. The van der Waals surface area contributed by atoms with Gasteiger partial charge in [-0.15, -0.1) is 0 Å². The van der Waals surface area contributed by atoms with Crippen LogP contribution in [0.1, 0.15) is 17.2 Å². The van der Waals surface area contributed by atoms with E-state index in [4.69, 9.17) is 11.6 Å². The highest BCUT2D eigenvalue weighted by atomic mass is 35.5. The molecular weight excluding hydrogens is 265 g/mol. The lowest BCUT2D eigenvalue weighted by molar-refractivity contribution is 0.214. The van der Waals surface area contributed by atoms with Crippen LogP contribution in [0.4, 0.5) is 13.2 Å². The van der Waals surface area contributed by atoms with Crippen LogP contribution in [0.15, 0.2) is 36.4 Å². The molecule has 0 aromatic heterocycles. The fourth-order valence-electron chi connectivity index (χ4n) is 1.62. The molecule has 5 heteroatoms. The fourth-order valence-corrected chi connectivity index (χ4v) is 1.85. The van der Waals surface area contributed by atoms with Gasteiger partial charge in [-0.25, -0.2) is 13.2 Å². The van der Waals surface area contributed by atoms with Crippen molar-refractivity contribution in [3.63, 3.8) is 0 Å². The van der Waals surface area contributed by atoms with E-state index in [9.17, 15) is 18.3 Å². The van der Waals surface area contributed by atoms with Gasteiger partial charge in [0.2, 0.25) is 0 Å². The smallest absolute Gasteiger partial charge is 0.142 e. The average Bonchev–Trinajstić information content (AvgIpc) is 2.32. The summed E-state index contributed by atoms with van der Waals surface area (Å²) in [5, 5.41) is 9.67. The van der Waals surface area contributed by atoms with Gasteiger partial charge in [-0.2, -0.15) is 0 Å². The Morgan fingerprint density at radius 2 is 1.67 bits per heavy atom. The first-order chi connectivity index (χ1) is 8.50. The minimum absolute atomic E-state index is 0.0298. The maximum Gasteiger partial charge on any atom is 0.142 e. The van der Waals surface area contributed by atoms with Crippen molar-refractivity contribution < 1.29 is 18.3 Å². The van der Waals surface area contributed by atoms with Crippen LogP contribution in [-0.4, -0.2) is 5.11 Å². The predicted molar refractivity (Wildman–Crippen MR) is 61.8 cm³/mol. The monoisotopic (exact) mass is 272 g/mol. The van der Waals surface area contributed by atoms with Crippen LogP contribution in [0.5, 0.6) is 0 Å². The van der Waals surface area contributed by atoms with Crippen LogP contribution in [0.25, 0.3) is 0 Å². The Labute approximate surface area is 106 Å². The molecule has 0 aliphatic rings. The van der Waals surface area contributed by atoms with E-state index in [1.165, 1.54) is 12.1 Å². The molecule has 0 saturated carbocycles. The van der Waals surface area contributed by atoms with Gasteiger partial charge in [0.1, 0.15) is 23.6 Å². The number of aliphatic hydroxyl groups excluding tert-OH is 1. The molecule has 2 aromatic carbocycles. The molecule has 0 amide bonds. The van der Waals surface area contributed by atoms with Gasteiger partial charge in [0.05, 0.1) is 5.02 Å². The predicted octanol–water partition coefficient (Wildman–Crippen LogP) is 3.84. The number of benzene rings is 2. The Kier molecular flexibility index (Phi) is 3.59. The van der Waals surface area contributed by atoms with Gasteiger partial charge in [0.25, 0.3) is 0 Å². The molecule has 18 heavy (non-hydrogen) atoms. The Hall–Kier alpha value is -1.52. The number of hydrogen-bond acceptors (Lipinski definition) is 1. The van der Waals surface area contributed by atoms with Crippen LogP contribution < -0.4 is 0 Å². The number of halogens is 4. The molecule has 0 radical (unpaired) electrons. The van der Waals surface area contributed by atoms with Gasteiger partial charge in [0.15, 0.2) is 0 Å². The van der Waals surface area contributed by atoms with Crippen molar-refractivity contribution in [2.45, 2.75) is 6.10 Å². The van der Waals surface area contributed by atoms with Gasteiger partial charge in [-0.3, -0.25) is 0 Å². The molecule has 0 spiro atoms. The minimum Gasteiger partial charge on any atom is -0.383 e. The van der Waals surface area contributed by atoms with Crippen LogP contribution in [0, 0.1) is 17.5 Å². The van der Waals surface area contributed by atoms with Crippen LogP contribution in [0.3, 0.4) is 0 Å². The topological polar surface area (TPSA) is 20.2 Å². The fraction of sp³-hybridized carbons (Fsp3) is 0.0769. The first kappa shape index (κ1) is 12.9. The second-order valence-corrected chi connectivity index (χ2v) is 4.09. The third-order valence-electron chi connectivity index (χ3n) is 2.53. The minimum atomic E-state index is -1.45. The normalized spacial score (nSPS) is 12.5. The lowest BCUT2D eigenvalue weighted by Gasteiger charge is -2.14. The molecule has 94 valence electrons. The van der Waals surface area contributed by atoms with E-state index in [2.05, 4.69) is 0 Å². The Morgan fingerprint density at radius 1 is 0.944 bits per heavy atom. The first-order valence-corrected chi connectivity index (χ1v) is 5.45. The maximum absolute atomic E-state index is 13.5. The molecule has 2 rings (SSSR count). The van der Waals surface area contributed by atoms with Crippen molar-refractivity contribution in [3.05, 3.63) is 70.0 Å². The quantitative estimate of drug-likeness (QED) is 0.881. The summed E-state index contributed by atoms with van der Waals surface area (Å²) in [4.78, 5) is 0. The molecule has 1 N–H and O–H groups in total. The van der Waals surface area contributed by atoms with Crippen molar-refractivity contribution in [3.8, 4) is 0 Å². The zero-order valence-electron chi connectivity index (χ0n) is 9.00. The molecule has 0 bridgehead atoms. The summed E-state index contributed by atoms with van der Waals surface area (Å²) in [6.45, 7) is 0. The molecule has 0 heterocycles. The van der Waals surface area contributed by atoms with Gasteiger partial charge in [0, 0.05) is 17.2 Å². The third kappa shape index (κ3) is 2.35. The first-order valence-electron chi connectivity index (χ1n) is 5.07. The van der Waals surface area contributed by atoms with E-state index >= 15 is 0 Å². The molecule has 0 aliphatic carbocycles. The van der Waals surface area contributed by atoms with Crippen LogP contribution in [-0.2, 0) is 0 Å². The maximum atomic E-state index is 13.5. The lowest BCUT2D eigenvalue weighted by atomic mass is 10.0. The molecule has 1 nitrogen and oxygen atoms in total. The van der Waals surface area contributed by atoms with E-state index in [0.717, 1.165) is 18.2 Å². The molecule has 0 fully saturated rings.